The van der Waals surface area contributed by atoms with Crippen LogP contribution in [0.5, 0.6) is 5.88 Å². The fourth-order valence-corrected chi connectivity index (χ4v) is 1.47. The summed E-state index contributed by atoms with van der Waals surface area (Å²) in [6, 6.07) is 0. The van der Waals surface area contributed by atoms with Gasteiger partial charge in [-0.15, -0.1) is 13.2 Å². The minimum Gasteiger partial charge on any atom is -0.462 e. The zero-order valence-corrected chi connectivity index (χ0v) is 10.4. The lowest BCUT2D eigenvalue weighted by molar-refractivity contribution is -0.276. The van der Waals surface area contributed by atoms with Crippen molar-refractivity contribution in [2.24, 2.45) is 5.73 Å². The number of ether oxygens (including phenoxy) is 2. The molecule has 0 aliphatic carbocycles. The van der Waals surface area contributed by atoms with E-state index in [4.69, 9.17) is 10.5 Å². The molecule has 106 valence electrons. The number of aromatic nitrogens is 1. The van der Waals surface area contributed by atoms with Crippen molar-refractivity contribution in [3.05, 3.63) is 22.9 Å². The lowest BCUT2D eigenvalue weighted by Gasteiger charge is -2.15. The largest absolute Gasteiger partial charge is 0.574 e. The second-order valence-corrected chi connectivity index (χ2v) is 3.55. The normalized spacial score (nSPS) is 11.3. The Hall–Kier alpha value is -1.83. The number of rotatable bonds is 4. The molecular weight excluding hydrogens is 265 g/mol. The molecule has 0 amide bonds. The fraction of sp³-hybridized carbons (Fsp3) is 0.455. The maximum Gasteiger partial charge on any atom is 0.574 e. The highest BCUT2D eigenvalue weighted by Crippen LogP contribution is 2.27. The molecule has 1 aromatic rings. The van der Waals surface area contributed by atoms with Crippen LogP contribution in [-0.2, 0) is 11.3 Å². The van der Waals surface area contributed by atoms with E-state index in [1.54, 1.807) is 6.92 Å². The third kappa shape index (κ3) is 3.82. The Morgan fingerprint density at radius 3 is 2.58 bits per heavy atom. The lowest BCUT2D eigenvalue weighted by Crippen LogP contribution is -2.21. The number of esters is 1. The SMILES string of the molecule is CCOC(=O)c1cnc(OC(F)(F)F)c(CN)c1C. The molecular formula is C11H13F3N2O3. The minimum atomic E-state index is -4.87. The van der Waals surface area contributed by atoms with E-state index in [1.807, 2.05) is 0 Å². The molecule has 0 bridgehead atoms. The summed E-state index contributed by atoms with van der Waals surface area (Å²) in [5.41, 5.74) is 5.72. The third-order valence-electron chi connectivity index (χ3n) is 2.34. The van der Waals surface area contributed by atoms with E-state index in [0.717, 1.165) is 6.20 Å². The van der Waals surface area contributed by atoms with E-state index in [1.165, 1.54) is 6.92 Å². The fourth-order valence-electron chi connectivity index (χ4n) is 1.47. The van der Waals surface area contributed by atoms with Crippen molar-refractivity contribution >= 4 is 5.97 Å². The van der Waals surface area contributed by atoms with E-state index < -0.39 is 18.2 Å². The Labute approximate surface area is 107 Å². The number of halogens is 3. The van der Waals surface area contributed by atoms with E-state index in [-0.39, 0.29) is 29.8 Å². The van der Waals surface area contributed by atoms with E-state index in [2.05, 4.69) is 9.72 Å². The predicted octanol–water partition coefficient (Wildman–Crippen LogP) is 1.92. The van der Waals surface area contributed by atoms with Crippen molar-refractivity contribution in [3.8, 4) is 5.88 Å². The average molecular weight is 278 g/mol. The molecule has 8 heteroatoms. The van der Waals surface area contributed by atoms with Gasteiger partial charge in [0.15, 0.2) is 0 Å². The molecule has 0 saturated heterocycles. The van der Waals surface area contributed by atoms with Gasteiger partial charge in [-0.1, -0.05) is 0 Å². The predicted molar refractivity (Wildman–Crippen MR) is 59.5 cm³/mol. The summed E-state index contributed by atoms with van der Waals surface area (Å²) >= 11 is 0. The van der Waals surface area contributed by atoms with Gasteiger partial charge in [-0.3, -0.25) is 0 Å². The highest BCUT2D eigenvalue weighted by Gasteiger charge is 2.33. The highest BCUT2D eigenvalue weighted by atomic mass is 19.4. The number of nitrogens with zero attached hydrogens (tertiary/aromatic N) is 1. The smallest absolute Gasteiger partial charge is 0.462 e. The number of carbonyl (C=O) groups is 1. The molecule has 0 spiro atoms. The number of pyridine rings is 1. The van der Waals surface area contributed by atoms with E-state index in [9.17, 15) is 18.0 Å². The van der Waals surface area contributed by atoms with Crippen molar-refractivity contribution in [3.63, 3.8) is 0 Å². The molecule has 1 aromatic heterocycles. The molecule has 0 saturated carbocycles. The number of carbonyl (C=O) groups excluding carboxylic acids is 1. The molecule has 0 aromatic carbocycles. The van der Waals surface area contributed by atoms with Crippen LogP contribution in [0.15, 0.2) is 6.20 Å². The molecule has 19 heavy (non-hydrogen) atoms. The number of alkyl halides is 3. The summed E-state index contributed by atoms with van der Waals surface area (Å²) in [7, 11) is 0. The second kappa shape index (κ2) is 5.87. The molecule has 0 atom stereocenters. The first kappa shape index (κ1) is 15.2. The van der Waals surface area contributed by atoms with Crippen LogP contribution in [0.25, 0.3) is 0 Å². The minimum absolute atomic E-state index is 0.0166. The first-order valence-electron chi connectivity index (χ1n) is 5.41. The van der Waals surface area contributed by atoms with Crippen molar-refractivity contribution < 1.29 is 27.4 Å². The summed E-state index contributed by atoms with van der Waals surface area (Å²) in [5.74, 6) is -1.32. The Kier molecular flexibility index (Phi) is 4.71. The van der Waals surface area contributed by atoms with E-state index in [0.29, 0.717) is 0 Å². The van der Waals surface area contributed by atoms with Gasteiger partial charge in [-0.05, 0) is 19.4 Å². The Bertz CT molecular complexity index is 475. The van der Waals surface area contributed by atoms with Crippen molar-refractivity contribution in [2.45, 2.75) is 26.8 Å². The quantitative estimate of drug-likeness (QED) is 0.852. The zero-order valence-electron chi connectivity index (χ0n) is 10.4. The summed E-state index contributed by atoms with van der Waals surface area (Å²) < 4.78 is 45.0. The molecule has 0 radical (unpaired) electrons. The summed E-state index contributed by atoms with van der Waals surface area (Å²) in [6.07, 6.45) is -3.89. The van der Waals surface area contributed by atoms with Gasteiger partial charge in [-0.2, -0.15) is 0 Å². The molecule has 0 aliphatic heterocycles. The third-order valence-corrected chi connectivity index (χ3v) is 2.34. The van der Waals surface area contributed by atoms with E-state index >= 15 is 0 Å². The average Bonchev–Trinajstić information content (AvgIpc) is 2.27. The van der Waals surface area contributed by atoms with Crippen molar-refractivity contribution in [2.75, 3.05) is 6.61 Å². The van der Waals surface area contributed by atoms with Crippen LogP contribution in [0.3, 0.4) is 0 Å². The Balaban J connectivity index is 3.19. The first-order chi connectivity index (χ1) is 8.80. The van der Waals surface area contributed by atoms with Gasteiger partial charge in [0, 0.05) is 18.3 Å². The first-order valence-corrected chi connectivity index (χ1v) is 5.41. The molecule has 0 unspecified atom stereocenters. The monoisotopic (exact) mass is 278 g/mol. The number of hydrogen-bond acceptors (Lipinski definition) is 5. The van der Waals surface area contributed by atoms with Gasteiger partial charge >= 0.3 is 12.3 Å². The van der Waals surface area contributed by atoms with Crippen LogP contribution in [0.2, 0.25) is 0 Å². The van der Waals surface area contributed by atoms with Crippen LogP contribution in [0.1, 0.15) is 28.4 Å². The zero-order chi connectivity index (χ0) is 14.6. The van der Waals surface area contributed by atoms with Gasteiger partial charge < -0.3 is 15.2 Å². The van der Waals surface area contributed by atoms with Crippen LogP contribution in [0.4, 0.5) is 13.2 Å². The van der Waals surface area contributed by atoms with Gasteiger partial charge in [0.05, 0.1) is 12.2 Å². The molecule has 0 fully saturated rings. The topological polar surface area (TPSA) is 74.4 Å². The summed E-state index contributed by atoms with van der Waals surface area (Å²) in [5, 5.41) is 0. The lowest BCUT2D eigenvalue weighted by atomic mass is 10.1. The molecule has 5 nitrogen and oxygen atoms in total. The van der Waals surface area contributed by atoms with Crippen LogP contribution < -0.4 is 10.5 Å². The standard InChI is InChI=1S/C11H13F3N2O3/c1-3-18-10(17)8-5-16-9(19-11(12,13)14)7(4-15)6(8)2/h5H,3-4,15H2,1-2H3. The van der Waals surface area contributed by atoms with Crippen LogP contribution in [0, 0.1) is 6.92 Å². The maximum atomic E-state index is 12.2. The Morgan fingerprint density at radius 2 is 2.11 bits per heavy atom. The molecule has 2 N–H and O–H groups in total. The Morgan fingerprint density at radius 1 is 1.47 bits per heavy atom. The number of nitrogens with two attached hydrogens (primary N) is 1. The highest BCUT2D eigenvalue weighted by molar-refractivity contribution is 5.91. The number of hydrogen-bond donors (Lipinski definition) is 1. The van der Waals surface area contributed by atoms with Gasteiger partial charge in [0.1, 0.15) is 0 Å². The molecule has 1 rings (SSSR count). The maximum absolute atomic E-state index is 12.2. The van der Waals surface area contributed by atoms with Gasteiger partial charge in [0.25, 0.3) is 0 Å². The summed E-state index contributed by atoms with van der Waals surface area (Å²) in [6.45, 7) is 2.99. The summed E-state index contributed by atoms with van der Waals surface area (Å²) in [4.78, 5) is 15.0. The second-order valence-electron chi connectivity index (χ2n) is 3.55. The molecule has 1 heterocycles. The van der Waals surface area contributed by atoms with Gasteiger partial charge in [-0.25, -0.2) is 9.78 Å². The van der Waals surface area contributed by atoms with Crippen molar-refractivity contribution in [1.29, 1.82) is 0 Å². The molecule has 0 aliphatic rings. The van der Waals surface area contributed by atoms with Crippen molar-refractivity contribution in [1.82, 2.24) is 4.98 Å². The van der Waals surface area contributed by atoms with Crippen LogP contribution in [-0.4, -0.2) is 23.9 Å². The van der Waals surface area contributed by atoms with Gasteiger partial charge in [0.2, 0.25) is 5.88 Å². The van der Waals surface area contributed by atoms with Crippen LogP contribution >= 0.6 is 0 Å².